The van der Waals surface area contributed by atoms with Crippen LogP contribution in [0.5, 0.6) is 0 Å². The van der Waals surface area contributed by atoms with Gasteiger partial charge in [0.1, 0.15) is 31.0 Å². The molecule has 1 rings (SSSR count). The number of hydrogen-bond acceptors (Lipinski definition) is 10. The Bertz CT molecular complexity index is 1020. The fraction of sp³-hybridized carbons (Fsp3) is 0.878. The van der Waals surface area contributed by atoms with E-state index in [4.69, 9.17) is 18.9 Å². The quantitative estimate of drug-likeness (QED) is 0.0266. The second-order valence-electron chi connectivity index (χ2n) is 16.9. The predicted molar refractivity (Wildman–Crippen MR) is 238 cm³/mol. The number of unbranched alkanes of at least 4 members (excludes halogenated alkanes) is 26. The van der Waals surface area contributed by atoms with E-state index >= 15 is 0 Å². The summed E-state index contributed by atoms with van der Waals surface area (Å²) in [5.74, 6) is -0.858. The monoisotopic (exact) mass is 839 g/mol. The van der Waals surface area contributed by atoms with Crippen molar-refractivity contribution in [3.05, 3.63) is 24.3 Å². The summed E-state index contributed by atoms with van der Waals surface area (Å²) in [4.78, 5) is 25.4. The van der Waals surface area contributed by atoms with Crippen LogP contribution in [0.4, 0.5) is 0 Å². The smallest absolute Gasteiger partial charge is 0.306 e. The van der Waals surface area contributed by atoms with Crippen molar-refractivity contribution in [2.75, 3.05) is 19.8 Å². The van der Waals surface area contributed by atoms with Crippen LogP contribution in [0.25, 0.3) is 0 Å². The van der Waals surface area contributed by atoms with Crippen LogP contribution in [-0.4, -0.2) is 89.0 Å². The molecule has 0 spiro atoms. The highest BCUT2D eigenvalue weighted by atomic mass is 16.7. The second kappa shape index (κ2) is 40.3. The number of ether oxygens (including phenoxy) is 4. The van der Waals surface area contributed by atoms with Gasteiger partial charge < -0.3 is 39.4 Å². The Morgan fingerprint density at radius 2 is 0.932 bits per heavy atom. The number of aliphatic hydroxyl groups excluding tert-OH is 4. The van der Waals surface area contributed by atoms with Gasteiger partial charge in [-0.3, -0.25) is 9.59 Å². The van der Waals surface area contributed by atoms with Crippen molar-refractivity contribution >= 4 is 11.9 Å². The molecule has 346 valence electrons. The zero-order valence-corrected chi connectivity index (χ0v) is 37.8. The highest BCUT2D eigenvalue weighted by molar-refractivity contribution is 5.70. The molecule has 0 aromatic heterocycles. The lowest BCUT2D eigenvalue weighted by Gasteiger charge is -2.39. The lowest BCUT2D eigenvalue weighted by molar-refractivity contribution is -0.305. The van der Waals surface area contributed by atoms with Crippen LogP contribution in [0.15, 0.2) is 24.3 Å². The number of esters is 2. The average Bonchev–Trinajstić information content (AvgIpc) is 3.23. The first-order chi connectivity index (χ1) is 28.8. The summed E-state index contributed by atoms with van der Waals surface area (Å²) in [6, 6.07) is 0. The molecule has 6 atom stereocenters. The molecule has 10 heteroatoms. The van der Waals surface area contributed by atoms with Gasteiger partial charge >= 0.3 is 11.9 Å². The molecular weight excluding hydrogens is 749 g/mol. The van der Waals surface area contributed by atoms with E-state index in [1.54, 1.807) is 0 Å². The second-order valence-corrected chi connectivity index (χ2v) is 16.9. The van der Waals surface area contributed by atoms with Crippen molar-refractivity contribution in [1.82, 2.24) is 0 Å². The van der Waals surface area contributed by atoms with E-state index in [0.717, 1.165) is 32.1 Å². The normalized spacial score (nSPS) is 20.1. The van der Waals surface area contributed by atoms with E-state index in [2.05, 4.69) is 32.1 Å². The van der Waals surface area contributed by atoms with Crippen LogP contribution < -0.4 is 0 Å². The Morgan fingerprint density at radius 3 is 1.39 bits per heavy atom. The van der Waals surface area contributed by atoms with Crippen molar-refractivity contribution in [3.8, 4) is 0 Å². The number of hydrogen-bond donors (Lipinski definition) is 4. The minimum atomic E-state index is -1.60. The molecule has 0 aliphatic carbocycles. The number of rotatable bonds is 41. The van der Waals surface area contributed by atoms with Gasteiger partial charge in [0.05, 0.1) is 13.2 Å². The molecular formula is C49H90O10. The summed E-state index contributed by atoms with van der Waals surface area (Å²) in [5.41, 5.74) is 0. The molecule has 0 saturated carbocycles. The zero-order valence-electron chi connectivity index (χ0n) is 37.8. The van der Waals surface area contributed by atoms with E-state index in [1.807, 2.05) is 6.08 Å². The molecule has 1 saturated heterocycles. The van der Waals surface area contributed by atoms with Crippen molar-refractivity contribution in [1.29, 1.82) is 0 Å². The van der Waals surface area contributed by atoms with Gasteiger partial charge in [-0.15, -0.1) is 0 Å². The van der Waals surface area contributed by atoms with Crippen LogP contribution in [0.1, 0.15) is 219 Å². The predicted octanol–water partition coefficient (Wildman–Crippen LogP) is 10.9. The third-order valence-corrected chi connectivity index (χ3v) is 11.3. The third kappa shape index (κ3) is 31.7. The molecule has 1 heterocycles. The maximum atomic E-state index is 12.8. The highest BCUT2D eigenvalue weighted by Crippen LogP contribution is 2.23. The topological polar surface area (TPSA) is 152 Å². The van der Waals surface area contributed by atoms with Gasteiger partial charge in [-0.25, -0.2) is 0 Å². The fourth-order valence-electron chi connectivity index (χ4n) is 7.44. The molecule has 0 bridgehead atoms. The van der Waals surface area contributed by atoms with Crippen LogP contribution in [0.2, 0.25) is 0 Å². The molecule has 0 radical (unpaired) electrons. The van der Waals surface area contributed by atoms with Gasteiger partial charge in [-0.05, 0) is 51.4 Å². The standard InChI is InChI=1S/C49H90O10/c1-3-5-7-9-11-13-15-17-19-20-21-22-24-26-28-30-32-34-36-38-45(52)58-42(41-57-49-48(55)47(54)46(53)43(39-50)59-49)40-56-44(51)37-35-33-31-29-27-25-23-18-16-14-12-10-8-6-4-2/h17,19,31,33,42-43,46-50,53-55H,3-16,18,20-30,32,34-41H2,1-2H3/b19-17+,33-31+/t42-,43-,46+,47?,48?,49-/m1/s1. The van der Waals surface area contributed by atoms with E-state index in [1.165, 1.54) is 148 Å². The van der Waals surface area contributed by atoms with Crippen molar-refractivity contribution in [3.63, 3.8) is 0 Å². The SMILES string of the molecule is CCCCCCCC/C=C/CCCCCCCCCCCC(=O)O[C@H](COC(=O)CC/C=C/CCCCCCCCCCCCC)CO[C@@H]1O[C@H](CO)[C@H](O)C(O)C1O. The van der Waals surface area contributed by atoms with Gasteiger partial charge in [0, 0.05) is 12.8 Å². The molecule has 4 N–H and O–H groups in total. The first-order valence-corrected chi connectivity index (χ1v) is 24.4. The maximum absolute atomic E-state index is 12.8. The maximum Gasteiger partial charge on any atom is 0.306 e. The largest absolute Gasteiger partial charge is 0.462 e. The van der Waals surface area contributed by atoms with Gasteiger partial charge in [0.15, 0.2) is 12.4 Å². The Balaban J connectivity index is 2.30. The number of allylic oxidation sites excluding steroid dienone is 4. The minimum Gasteiger partial charge on any atom is -0.462 e. The van der Waals surface area contributed by atoms with E-state index in [0.29, 0.717) is 12.8 Å². The molecule has 59 heavy (non-hydrogen) atoms. The van der Waals surface area contributed by atoms with E-state index < -0.39 is 55.4 Å². The molecule has 0 amide bonds. The van der Waals surface area contributed by atoms with Crippen LogP contribution >= 0.6 is 0 Å². The molecule has 0 aromatic rings. The summed E-state index contributed by atoms with van der Waals surface area (Å²) >= 11 is 0. The summed E-state index contributed by atoms with van der Waals surface area (Å²) < 4.78 is 22.2. The zero-order chi connectivity index (χ0) is 43.0. The molecule has 1 aliphatic heterocycles. The number of carbonyl (C=O) groups is 2. The molecule has 0 aromatic carbocycles. The van der Waals surface area contributed by atoms with Gasteiger partial charge in [-0.1, -0.05) is 179 Å². The summed E-state index contributed by atoms with van der Waals surface area (Å²) in [5, 5.41) is 40.1. The summed E-state index contributed by atoms with van der Waals surface area (Å²) in [6.45, 7) is 3.40. The number of aliphatic hydroxyl groups is 4. The Labute approximate surface area is 360 Å². The first kappa shape index (κ1) is 55.2. The third-order valence-electron chi connectivity index (χ3n) is 11.3. The lowest BCUT2D eigenvalue weighted by atomic mass is 9.99. The first-order valence-electron chi connectivity index (χ1n) is 24.4. The van der Waals surface area contributed by atoms with Gasteiger partial charge in [-0.2, -0.15) is 0 Å². The summed E-state index contributed by atoms with van der Waals surface area (Å²) in [7, 11) is 0. The molecule has 10 nitrogen and oxygen atoms in total. The lowest BCUT2D eigenvalue weighted by Crippen LogP contribution is -2.59. The molecule has 2 unspecified atom stereocenters. The van der Waals surface area contributed by atoms with E-state index in [9.17, 15) is 30.0 Å². The molecule has 1 fully saturated rings. The van der Waals surface area contributed by atoms with Crippen molar-refractivity contribution in [2.24, 2.45) is 0 Å². The van der Waals surface area contributed by atoms with Crippen LogP contribution in [0, 0.1) is 0 Å². The van der Waals surface area contributed by atoms with Gasteiger partial charge in [0.2, 0.25) is 0 Å². The minimum absolute atomic E-state index is 0.194. The van der Waals surface area contributed by atoms with Crippen LogP contribution in [-0.2, 0) is 28.5 Å². The summed E-state index contributed by atoms with van der Waals surface area (Å²) in [6.07, 6.45) is 37.7. The molecule has 1 aliphatic rings. The average molecular weight is 839 g/mol. The van der Waals surface area contributed by atoms with Crippen molar-refractivity contribution in [2.45, 2.75) is 256 Å². The Morgan fingerprint density at radius 1 is 0.508 bits per heavy atom. The van der Waals surface area contributed by atoms with E-state index in [-0.39, 0.29) is 26.1 Å². The van der Waals surface area contributed by atoms with Gasteiger partial charge in [0.25, 0.3) is 0 Å². The number of carbonyl (C=O) groups excluding carboxylic acids is 2. The van der Waals surface area contributed by atoms with Crippen LogP contribution in [0.3, 0.4) is 0 Å². The Kier molecular flexibility index (Phi) is 37.7. The fourth-order valence-corrected chi connectivity index (χ4v) is 7.44. The highest BCUT2D eigenvalue weighted by Gasteiger charge is 2.44. The van der Waals surface area contributed by atoms with Crippen molar-refractivity contribution < 1.29 is 49.0 Å². The Hall–Kier alpha value is -1.82.